The molecule has 0 fully saturated rings. The van der Waals surface area contributed by atoms with Crippen molar-refractivity contribution in [1.82, 2.24) is 14.7 Å². The molecule has 5 aromatic carbocycles. The van der Waals surface area contributed by atoms with E-state index in [4.69, 9.17) is 0 Å². The summed E-state index contributed by atoms with van der Waals surface area (Å²) in [5, 5.41) is 6.08. The van der Waals surface area contributed by atoms with Crippen molar-refractivity contribution in [2.45, 2.75) is 25.7 Å². The van der Waals surface area contributed by atoms with Crippen LogP contribution in [0.5, 0.6) is 0 Å². The zero-order valence-corrected chi connectivity index (χ0v) is 27.1. The van der Waals surface area contributed by atoms with Crippen LogP contribution in [-0.4, -0.2) is 77.5 Å². The lowest BCUT2D eigenvalue weighted by atomic mass is 9.91. The number of rotatable bonds is 10. The first-order valence-electron chi connectivity index (χ1n) is 16.7. The number of benzene rings is 5. The van der Waals surface area contributed by atoms with Crippen LogP contribution < -0.4 is 5.32 Å². The van der Waals surface area contributed by atoms with Gasteiger partial charge in [0, 0.05) is 51.8 Å². The second-order valence-corrected chi connectivity index (χ2v) is 13.1. The van der Waals surface area contributed by atoms with Crippen molar-refractivity contribution < 1.29 is 24.0 Å². The molecule has 0 saturated carbocycles. The lowest BCUT2D eigenvalue weighted by Crippen LogP contribution is -2.42. The van der Waals surface area contributed by atoms with Crippen LogP contribution in [0.3, 0.4) is 0 Å². The highest BCUT2D eigenvalue weighted by atomic mass is 16.2. The lowest BCUT2D eigenvalue weighted by molar-refractivity contribution is 0.0596. The third-order valence-electron chi connectivity index (χ3n) is 10.0. The summed E-state index contributed by atoms with van der Waals surface area (Å²) in [6.45, 7) is 1.77. The molecule has 0 saturated heterocycles. The molecule has 8 rings (SSSR count). The fourth-order valence-corrected chi connectivity index (χ4v) is 7.61. The van der Waals surface area contributed by atoms with E-state index in [-0.39, 0.29) is 36.1 Å². The average Bonchev–Trinajstić information content (AvgIpc) is 3.54. The normalized spacial score (nSPS) is 14.9. The Balaban J connectivity index is 0.896. The van der Waals surface area contributed by atoms with Gasteiger partial charge in [0.05, 0.1) is 5.56 Å². The number of imide groups is 2. The molecule has 0 atom stereocenters. The Bertz CT molecular complexity index is 2190. The monoisotopic (exact) mass is 650 g/mol. The van der Waals surface area contributed by atoms with Gasteiger partial charge in [0.25, 0.3) is 29.5 Å². The summed E-state index contributed by atoms with van der Waals surface area (Å²) in [5.74, 6) is -1.49. The smallest absolute Gasteiger partial charge is 0.261 e. The summed E-state index contributed by atoms with van der Waals surface area (Å²) in [4.78, 5) is 71.6. The summed E-state index contributed by atoms with van der Waals surface area (Å²) in [7, 11) is 1.95. The molecule has 0 spiro atoms. The van der Waals surface area contributed by atoms with E-state index < -0.39 is 0 Å². The molecule has 2 aliphatic heterocycles. The van der Waals surface area contributed by atoms with Crippen molar-refractivity contribution in [1.29, 1.82) is 0 Å². The summed E-state index contributed by atoms with van der Waals surface area (Å²) >= 11 is 0. The number of hydrogen-bond acceptors (Lipinski definition) is 6. The zero-order valence-electron chi connectivity index (χ0n) is 27.1. The summed E-state index contributed by atoms with van der Waals surface area (Å²) in [6, 6.07) is 25.4. The van der Waals surface area contributed by atoms with E-state index in [0.29, 0.717) is 76.8 Å². The van der Waals surface area contributed by atoms with Gasteiger partial charge < -0.3 is 10.2 Å². The van der Waals surface area contributed by atoms with Crippen LogP contribution >= 0.6 is 0 Å². The molecular weight excluding hydrogens is 616 g/mol. The molecule has 5 amide bonds. The topological polar surface area (TPSA) is 107 Å². The molecule has 1 aliphatic carbocycles. The van der Waals surface area contributed by atoms with Gasteiger partial charge in [-0.15, -0.1) is 0 Å². The fourth-order valence-electron chi connectivity index (χ4n) is 7.61. The maximum atomic E-state index is 13.7. The highest BCUT2D eigenvalue weighted by molar-refractivity contribution is 6.27. The minimum Gasteiger partial charge on any atom is -0.322 e. The molecule has 244 valence electrons. The van der Waals surface area contributed by atoms with E-state index >= 15 is 0 Å². The maximum absolute atomic E-state index is 13.7. The number of anilines is 1. The zero-order chi connectivity index (χ0) is 33.8. The van der Waals surface area contributed by atoms with Crippen molar-refractivity contribution in [3.05, 3.63) is 124 Å². The van der Waals surface area contributed by atoms with Crippen LogP contribution in [0.4, 0.5) is 5.69 Å². The molecule has 1 N–H and O–H groups in total. The molecule has 2 heterocycles. The van der Waals surface area contributed by atoms with E-state index in [2.05, 4.69) is 10.2 Å². The third kappa shape index (κ3) is 5.18. The van der Waals surface area contributed by atoms with Crippen molar-refractivity contribution in [3.63, 3.8) is 0 Å². The Morgan fingerprint density at radius 2 is 1.20 bits per heavy atom. The highest BCUT2D eigenvalue weighted by Gasteiger charge is 2.35. The van der Waals surface area contributed by atoms with Gasteiger partial charge in [-0.2, -0.15) is 0 Å². The van der Waals surface area contributed by atoms with Gasteiger partial charge in [0.1, 0.15) is 0 Å². The van der Waals surface area contributed by atoms with Crippen molar-refractivity contribution in [3.8, 4) is 0 Å². The van der Waals surface area contributed by atoms with Crippen molar-refractivity contribution in [2.24, 2.45) is 0 Å². The van der Waals surface area contributed by atoms with E-state index in [1.807, 2.05) is 43.4 Å². The van der Waals surface area contributed by atoms with Crippen LogP contribution in [0.25, 0.3) is 21.5 Å². The van der Waals surface area contributed by atoms with Gasteiger partial charge in [-0.3, -0.25) is 33.8 Å². The fraction of sp³-hybridized carbons (Fsp3) is 0.225. The Morgan fingerprint density at radius 1 is 0.633 bits per heavy atom. The molecule has 49 heavy (non-hydrogen) atoms. The lowest BCUT2D eigenvalue weighted by Gasteiger charge is -2.29. The Hall–Kier alpha value is -5.67. The van der Waals surface area contributed by atoms with Crippen molar-refractivity contribution >= 4 is 56.8 Å². The maximum Gasteiger partial charge on any atom is 0.261 e. The first kappa shape index (κ1) is 30.7. The van der Waals surface area contributed by atoms with E-state index in [1.165, 1.54) is 20.9 Å². The van der Waals surface area contributed by atoms with Gasteiger partial charge in [-0.25, -0.2) is 0 Å². The second-order valence-electron chi connectivity index (χ2n) is 13.1. The number of nitrogens with zero attached hydrogens (tertiary/aromatic N) is 3. The number of aryl methyl sites for hydroxylation is 2. The standard InChI is InChI=1S/C40H34N4O5/c1-42(18-6-20-43-38(47)30-16-14-24-12-13-25-15-17-31(39(43)48)35(30)33(24)25)19-7-21-44-37(46)29-11-5-10-27-22-28(23-32(34(27)29)40(44)49)41-36(45)26-8-3-2-4-9-26/h2-5,8-11,14-17,22-23H,6-7,12-13,18-21H2,1H3,(H,41,45). The predicted octanol–water partition coefficient (Wildman–Crippen LogP) is 5.95. The number of hydrogen-bond donors (Lipinski definition) is 1. The molecule has 3 aliphatic rings. The van der Waals surface area contributed by atoms with Crippen LogP contribution in [0.1, 0.15) is 75.8 Å². The Morgan fingerprint density at radius 3 is 1.82 bits per heavy atom. The predicted molar refractivity (Wildman–Crippen MR) is 187 cm³/mol. The number of amides is 5. The summed E-state index contributed by atoms with van der Waals surface area (Å²) in [6.07, 6.45) is 3.02. The Kier molecular flexibility index (Phi) is 7.56. The Labute approximate surface area is 283 Å². The molecule has 9 heteroatoms. The number of carbonyl (C=O) groups excluding carboxylic acids is 5. The van der Waals surface area contributed by atoms with Gasteiger partial charge in [-0.05, 0) is 110 Å². The largest absolute Gasteiger partial charge is 0.322 e. The molecule has 0 unspecified atom stereocenters. The highest BCUT2D eigenvalue weighted by Crippen LogP contribution is 2.38. The van der Waals surface area contributed by atoms with Gasteiger partial charge in [0.2, 0.25) is 0 Å². The summed E-state index contributed by atoms with van der Waals surface area (Å²) in [5.41, 5.74) is 5.44. The molecule has 5 aromatic rings. The van der Waals surface area contributed by atoms with Crippen LogP contribution in [0.2, 0.25) is 0 Å². The molecular formula is C40H34N4O5. The SMILES string of the molecule is CN(CCCN1C(=O)c2cccc3cc(NC(=O)c4ccccc4)cc(c23)C1=O)CCCN1C(=O)c2ccc3c4c(ccc(c24)C1=O)CC3. The minimum absolute atomic E-state index is 0.228. The van der Waals surface area contributed by atoms with E-state index in [9.17, 15) is 24.0 Å². The van der Waals surface area contributed by atoms with E-state index in [1.54, 1.807) is 48.5 Å². The van der Waals surface area contributed by atoms with Crippen LogP contribution in [-0.2, 0) is 12.8 Å². The molecule has 0 aromatic heterocycles. The molecule has 0 bridgehead atoms. The second kappa shape index (κ2) is 12.1. The molecule has 9 nitrogen and oxygen atoms in total. The van der Waals surface area contributed by atoms with Gasteiger partial charge in [-0.1, -0.05) is 42.5 Å². The van der Waals surface area contributed by atoms with Gasteiger partial charge in [0.15, 0.2) is 0 Å². The molecule has 0 radical (unpaired) electrons. The first-order chi connectivity index (χ1) is 23.8. The minimum atomic E-state index is -0.390. The van der Waals surface area contributed by atoms with Crippen LogP contribution in [0, 0.1) is 0 Å². The van der Waals surface area contributed by atoms with Crippen LogP contribution in [0.15, 0.2) is 84.9 Å². The third-order valence-corrected chi connectivity index (χ3v) is 10.0. The average molecular weight is 651 g/mol. The van der Waals surface area contributed by atoms with Gasteiger partial charge >= 0.3 is 0 Å². The van der Waals surface area contributed by atoms with Crippen molar-refractivity contribution in [2.75, 3.05) is 38.5 Å². The quantitative estimate of drug-likeness (QED) is 0.187. The van der Waals surface area contributed by atoms with E-state index in [0.717, 1.165) is 23.6 Å². The number of nitrogens with one attached hydrogen (secondary N) is 1. The summed E-state index contributed by atoms with van der Waals surface area (Å²) < 4.78 is 0. The number of carbonyl (C=O) groups is 5. The first-order valence-corrected chi connectivity index (χ1v) is 16.7.